The quantitative estimate of drug-likeness (QED) is 0.631. The molecule has 0 saturated carbocycles. The van der Waals surface area contributed by atoms with Gasteiger partial charge >= 0.3 is 0 Å². The predicted octanol–water partition coefficient (Wildman–Crippen LogP) is 4.59. The molecule has 5 nitrogen and oxygen atoms in total. The molecule has 1 aromatic carbocycles. The maximum Gasteiger partial charge on any atom is 0.224 e. The Morgan fingerprint density at radius 1 is 1.35 bits per heavy atom. The van der Waals surface area contributed by atoms with Crippen LogP contribution in [-0.2, 0) is 11.3 Å². The molecule has 0 radical (unpaired) electrons. The van der Waals surface area contributed by atoms with Crippen molar-refractivity contribution in [3.8, 4) is 11.4 Å². The first-order valence-corrected chi connectivity index (χ1v) is 9.77. The van der Waals surface area contributed by atoms with Crippen LogP contribution in [0.25, 0.3) is 11.4 Å². The molecule has 1 unspecified atom stereocenters. The number of hydrogen-bond acceptors (Lipinski definition) is 4. The molecule has 0 aliphatic carbocycles. The summed E-state index contributed by atoms with van der Waals surface area (Å²) < 4.78 is 2.42. The van der Waals surface area contributed by atoms with Gasteiger partial charge < -0.3 is 4.90 Å². The molecule has 2 heterocycles. The first-order valence-electron chi connectivity index (χ1n) is 8.48. The van der Waals surface area contributed by atoms with Crippen molar-refractivity contribution in [3.05, 3.63) is 57.0 Å². The molecular formula is C19H22N4OS2. The molecule has 3 aromatic rings. The van der Waals surface area contributed by atoms with Crippen molar-refractivity contribution in [2.45, 2.75) is 32.9 Å². The number of amides is 1. The molecule has 0 aliphatic heterocycles. The normalized spacial score (nSPS) is 12.1. The van der Waals surface area contributed by atoms with Gasteiger partial charge in [0.05, 0.1) is 6.04 Å². The van der Waals surface area contributed by atoms with Crippen LogP contribution in [-0.4, -0.2) is 32.6 Å². The second-order valence-corrected chi connectivity index (χ2v) is 7.68. The highest BCUT2D eigenvalue weighted by molar-refractivity contribution is 7.71. The SMILES string of the molecule is Cc1ccc(-c2n[nH]c(=S)n2CCC(=O)N(C)C(C)c2cccs2)cc1. The summed E-state index contributed by atoms with van der Waals surface area (Å²) in [4.78, 5) is 15.6. The minimum atomic E-state index is 0.0661. The second kappa shape index (κ2) is 7.97. The molecule has 136 valence electrons. The minimum Gasteiger partial charge on any atom is -0.338 e. The average Bonchev–Trinajstić information content (AvgIpc) is 3.29. The van der Waals surface area contributed by atoms with Gasteiger partial charge in [0, 0.05) is 30.5 Å². The number of rotatable bonds is 6. The number of aromatic nitrogens is 3. The summed E-state index contributed by atoms with van der Waals surface area (Å²) >= 11 is 7.02. The van der Waals surface area contributed by atoms with Gasteiger partial charge in [0.15, 0.2) is 10.6 Å². The Kier molecular flexibility index (Phi) is 5.68. The zero-order valence-electron chi connectivity index (χ0n) is 15.1. The van der Waals surface area contributed by atoms with Gasteiger partial charge in [0.25, 0.3) is 0 Å². The van der Waals surface area contributed by atoms with Gasteiger partial charge in [-0.2, -0.15) is 5.10 Å². The molecule has 1 N–H and O–H groups in total. The number of aromatic amines is 1. The summed E-state index contributed by atoms with van der Waals surface area (Å²) in [5.74, 6) is 0.848. The Labute approximate surface area is 162 Å². The molecular weight excluding hydrogens is 364 g/mol. The lowest BCUT2D eigenvalue weighted by Gasteiger charge is -2.24. The third-order valence-corrected chi connectivity index (χ3v) is 5.90. The maximum atomic E-state index is 12.6. The summed E-state index contributed by atoms with van der Waals surface area (Å²) in [6.45, 7) is 4.59. The lowest BCUT2D eigenvalue weighted by Crippen LogP contribution is -2.30. The van der Waals surface area contributed by atoms with E-state index in [4.69, 9.17) is 12.2 Å². The molecule has 0 saturated heterocycles. The van der Waals surface area contributed by atoms with Crippen LogP contribution >= 0.6 is 23.6 Å². The highest BCUT2D eigenvalue weighted by Crippen LogP contribution is 2.24. The number of H-pyrrole nitrogens is 1. The molecule has 0 spiro atoms. The molecule has 26 heavy (non-hydrogen) atoms. The van der Waals surface area contributed by atoms with Crippen molar-refractivity contribution in [1.82, 2.24) is 19.7 Å². The fourth-order valence-electron chi connectivity index (χ4n) is 2.77. The molecule has 1 atom stereocenters. The summed E-state index contributed by atoms with van der Waals surface area (Å²) in [5.41, 5.74) is 2.17. The highest BCUT2D eigenvalue weighted by atomic mass is 32.1. The van der Waals surface area contributed by atoms with Crippen LogP contribution in [0.15, 0.2) is 41.8 Å². The van der Waals surface area contributed by atoms with Gasteiger partial charge in [-0.3, -0.25) is 14.5 Å². The van der Waals surface area contributed by atoms with Crippen LogP contribution < -0.4 is 0 Å². The lowest BCUT2D eigenvalue weighted by atomic mass is 10.1. The van der Waals surface area contributed by atoms with E-state index in [0.717, 1.165) is 11.4 Å². The van der Waals surface area contributed by atoms with Crippen LogP contribution in [0, 0.1) is 11.7 Å². The van der Waals surface area contributed by atoms with E-state index in [2.05, 4.69) is 16.3 Å². The van der Waals surface area contributed by atoms with Crippen molar-refractivity contribution in [3.63, 3.8) is 0 Å². The van der Waals surface area contributed by atoms with E-state index in [9.17, 15) is 4.79 Å². The van der Waals surface area contributed by atoms with E-state index in [1.54, 1.807) is 16.2 Å². The van der Waals surface area contributed by atoms with Crippen molar-refractivity contribution < 1.29 is 4.79 Å². The summed E-state index contributed by atoms with van der Waals surface area (Å²) in [5, 5.41) is 9.21. The molecule has 0 bridgehead atoms. The van der Waals surface area contributed by atoms with Gasteiger partial charge in [0.1, 0.15) is 0 Å². The molecule has 0 fully saturated rings. The summed E-state index contributed by atoms with van der Waals surface area (Å²) in [6, 6.07) is 12.2. The Hall–Kier alpha value is -2.25. The Morgan fingerprint density at radius 2 is 2.08 bits per heavy atom. The fraction of sp³-hybridized carbons (Fsp3) is 0.316. The number of thiophene rings is 1. The summed E-state index contributed by atoms with van der Waals surface area (Å²) in [6.07, 6.45) is 0.374. The van der Waals surface area contributed by atoms with E-state index >= 15 is 0 Å². The number of hydrogen-bond donors (Lipinski definition) is 1. The highest BCUT2D eigenvalue weighted by Gasteiger charge is 2.19. The van der Waals surface area contributed by atoms with Crippen LogP contribution in [0.4, 0.5) is 0 Å². The third kappa shape index (κ3) is 3.94. The van der Waals surface area contributed by atoms with E-state index in [-0.39, 0.29) is 11.9 Å². The van der Waals surface area contributed by atoms with Crippen molar-refractivity contribution in [2.75, 3.05) is 7.05 Å². The van der Waals surface area contributed by atoms with Gasteiger partial charge in [-0.15, -0.1) is 11.3 Å². The molecule has 2 aromatic heterocycles. The first kappa shape index (κ1) is 18.5. The molecule has 1 amide bonds. The van der Waals surface area contributed by atoms with Gasteiger partial charge in [-0.25, -0.2) is 0 Å². The number of benzene rings is 1. The number of aryl methyl sites for hydroxylation is 1. The number of carbonyl (C=O) groups is 1. The fourth-order valence-corrected chi connectivity index (χ4v) is 3.82. The monoisotopic (exact) mass is 386 g/mol. The Morgan fingerprint density at radius 3 is 2.73 bits per heavy atom. The van der Waals surface area contributed by atoms with Crippen molar-refractivity contribution >= 4 is 29.5 Å². The Bertz CT molecular complexity index is 925. The number of nitrogens with one attached hydrogen (secondary N) is 1. The van der Waals surface area contributed by atoms with Crippen LogP contribution in [0.1, 0.15) is 29.8 Å². The smallest absolute Gasteiger partial charge is 0.224 e. The number of nitrogens with zero attached hydrogens (tertiary/aromatic N) is 3. The second-order valence-electron chi connectivity index (χ2n) is 6.32. The standard InChI is InChI=1S/C19H22N4OS2/c1-13-6-8-15(9-7-13)18-20-21-19(25)23(18)11-10-17(24)22(3)14(2)16-5-4-12-26-16/h4-9,12,14H,10-11H2,1-3H3,(H,21,25). The molecule has 3 rings (SSSR count). The first-order chi connectivity index (χ1) is 12.5. The molecule has 0 aliphatic rings. The van der Waals surface area contributed by atoms with Crippen LogP contribution in [0.5, 0.6) is 0 Å². The zero-order valence-corrected chi connectivity index (χ0v) is 16.7. The van der Waals surface area contributed by atoms with Gasteiger partial charge in [-0.1, -0.05) is 35.9 Å². The topological polar surface area (TPSA) is 53.9 Å². The lowest BCUT2D eigenvalue weighted by molar-refractivity contribution is -0.132. The average molecular weight is 387 g/mol. The van der Waals surface area contributed by atoms with Gasteiger partial charge in [-0.05, 0) is 37.5 Å². The third-order valence-electron chi connectivity index (χ3n) is 4.55. The molecule has 7 heteroatoms. The maximum absolute atomic E-state index is 12.6. The van der Waals surface area contributed by atoms with Crippen molar-refractivity contribution in [2.24, 2.45) is 0 Å². The van der Waals surface area contributed by atoms with Gasteiger partial charge in [0.2, 0.25) is 5.91 Å². The zero-order chi connectivity index (χ0) is 18.7. The van der Waals surface area contributed by atoms with E-state index in [1.165, 1.54) is 10.4 Å². The minimum absolute atomic E-state index is 0.0661. The Balaban J connectivity index is 1.72. The predicted molar refractivity (Wildman–Crippen MR) is 108 cm³/mol. The van der Waals surface area contributed by atoms with E-state index < -0.39 is 0 Å². The van der Waals surface area contributed by atoms with Crippen molar-refractivity contribution in [1.29, 1.82) is 0 Å². The van der Waals surface area contributed by atoms with E-state index in [1.807, 2.05) is 61.2 Å². The van der Waals surface area contributed by atoms with Crippen LogP contribution in [0.2, 0.25) is 0 Å². The summed E-state index contributed by atoms with van der Waals surface area (Å²) in [7, 11) is 1.85. The van der Waals surface area contributed by atoms with E-state index in [0.29, 0.717) is 17.7 Å². The van der Waals surface area contributed by atoms with Crippen LogP contribution in [0.3, 0.4) is 0 Å². The largest absolute Gasteiger partial charge is 0.338 e. The number of carbonyl (C=O) groups excluding carboxylic acids is 1.